The molecule has 0 unspecified atom stereocenters. The van der Waals surface area contributed by atoms with Crippen molar-refractivity contribution in [2.45, 2.75) is 25.7 Å². The summed E-state index contributed by atoms with van der Waals surface area (Å²) in [5.41, 5.74) is 15.5. The number of nitrogens with two attached hydrogens (primary N) is 2. The zero-order chi connectivity index (χ0) is 13.4. The summed E-state index contributed by atoms with van der Waals surface area (Å²) in [5, 5.41) is 0. The van der Waals surface area contributed by atoms with Gasteiger partial charge in [0.05, 0.1) is 23.4 Å². The van der Waals surface area contributed by atoms with Gasteiger partial charge < -0.3 is 16.0 Å². The first-order valence-corrected chi connectivity index (χ1v) is 6.41. The summed E-state index contributed by atoms with van der Waals surface area (Å²) in [7, 11) is 0. The van der Waals surface area contributed by atoms with Gasteiger partial charge in [0.25, 0.3) is 0 Å². The van der Waals surface area contributed by atoms with Crippen molar-refractivity contribution >= 4 is 11.6 Å². The Kier molecular flexibility index (Phi) is 2.74. The maximum absolute atomic E-state index is 11.1. The monoisotopic (exact) mass is 256 g/mol. The molecule has 0 aliphatic heterocycles. The Bertz CT molecular complexity index is 645. The number of fused-ring (bicyclic) bond motifs is 1. The van der Waals surface area contributed by atoms with E-state index in [0.29, 0.717) is 11.3 Å². The highest BCUT2D eigenvalue weighted by Crippen LogP contribution is 2.26. The molecule has 0 bridgehead atoms. The second-order valence-corrected chi connectivity index (χ2v) is 4.85. The van der Waals surface area contributed by atoms with Gasteiger partial charge in [-0.3, -0.25) is 4.79 Å². The quantitative estimate of drug-likeness (QED) is 0.797. The molecule has 98 valence electrons. The molecule has 5 heteroatoms. The lowest BCUT2D eigenvalue weighted by Crippen LogP contribution is -2.13. The molecule has 1 aromatic heterocycles. The number of carbonyl (C=O) groups excluding carboxylic acids is 1. The fourth-order valence-corrected chi connectivity index (χ4v) is 2.60. The molecule has 1 aliphatic rings. The SMILES string of the molecule is NC(=O)c1ccc(-n2cnc3c2CCCC3)c(N)c1. The van der Waals surface area contributed by atoms with Crippen LogP contribution in [0.4, 0.5) is 5.69 Å². The van der Waals surface area contributed by atoms with Crippen LogP contribution in [0.3, 0.4) is 0 Å². The van der Waals surface area contributed by atoms with Crippen LogP contribution in [0, 0.1) is 0 Å². The zero-order valence-corrected chi connectivity index (χ0v) is 10.6. The van der Waals surface area contributed by atoms with Crippen LogP contribution in [0.5, 0.6) is 0 Å². The van der Waals surface area contributed by atoms with Crippen molar-refractivity contribution in [3.8, 4) is 5.69 Å². The van der Waals surface area contributed by atoms with Crippen LogP contribution in [-0.4, -0.2) is 15.5 Å². The third-order valence-electron chi connectivity index (χ3n) is 3.60. The van der Waals surface area contributed by atoms with Gasteiger partial charge in [-0.2, -0.15) is 0 Å². The smallest absolute Gasteiger partial charge is 0.248 e. The van der Waals surface area contributed by atoms with Crippen LogP contribution in [0.2, 0.25) is 0 Å². The summed E-state index contributed by atoms with van der Waals surface area (Å²) in [4.78, 5) is 15.6. The Balaban J connectivity index is 2.07. The number of benzene rings is 1. The lowest BCUT2D eigenvalue weighted by Gasteiger charge is -2.15. The van der Waals surface area contributed by atoms with Crippen LogP contribution >= 0.6 is 0 Å². The first-order chi connectivity index (χ1) is 9.16. The number of primary amides is 1. The van der Waals surface area contributed by atoms with Crippen LogP contribution in [0.15, 0.2) is 24.5 Å². The Morgan fingerprint density at radius 1 is 1.26 bits per heavy atom. The molecule has 1 aromatic carbocycles. The molecule has 1 heterocycles. The van der Waals surface area contributed by atoms with Crippen molar-refractivity contribution in [1.29, 1.82) is 0 Å². The molecule has 19 heavy (non-hydrogen) atoms. The van der Waals surface area contributed by atoms with Crippen LogP contribution in [-0.2, 0) is 12.8 Å². The summed E-state index contributed by atoms with van der Waals surface area (Å²) in [6.07, 6.45) is 6.23. The van der Waals surface area contributed by atoms with Gasteiger partial charge in [0, 0.05) is 11.3 Å². The third kappa shape index (κ3) is 1.97. The van der Waals surface area contributed by atoms with Crippen molar-refractivity contribution in [3.63, 3.8) is 0 Å². The van der Waals surface area contributed by atoms with E-state index in [-0.39, 0.29) is 0 Å². The largest absolute Gasteiger partial charge is 0.397 e. The summed E-state index contributed by atoms with van der Waals surface area (Å²) in [6.45, 7) is 0. The molecular weight excluding hydrogens is 240 g/mol. The molecule has 1 amide bonds. The lowest BCUT2D eigenvalue weighted by molar-refractivity contribution is 0.100. The minimum absolute atomic E-state index is 0.426. The van der Waals surface area contributed by atoms with Gasteiger partial charge in [0.15, 0.2) is 0 Å². The second kappa shape index (κ2) is 4.42. The number of carbonyl (C=O) groups is 1. The van der Waals surface area contributed by atoms with Crippen molar-refractivity contribution in [2.24, 2.45) is 5.73 Å². The van der Waals surface area contributed by atoms with Gasteiger partial charge in [0.1, 0.15) is 0 Å². The molecule has 0 saturated carbocycles. The normalized spacial score (nSPS) is 14.1. The predicted molar refractivity (Wildman–Crippen MR) is 73.1 cm³/mol. The molecule has 0 saturated heterocycles. The molecule has 0 fully saturated rings. The number of rotatable bonds is 2. The van der Waals surface area contributed by atoms with Crippen molar-refractivity contribution < 1.29 is 4.79 Å². The minimum Gasteiger partial charge on any atom is -0.397 e. The van der Waals surface area contributed by atoms with Gasteiger partial charge in [-0.05, 0) is 43.9 Å². The van der Waals surface area contributed by atoms with E-state index in [2.05, 4.69) is 4.98 Å². The number of nitrogen functional groups attached to an aromatic ring is 1. The highest BCUT2D eigenvalue weighted by molar-refractivity contribution is 5.94. The Morgan fingerprint density at radius 3 is 2.79 bits per heavy atom. The Hall–Kier alpha value is -2.30. The highest BCUT2D eigenvalue weighted by Gasteiger charge is 2.17. The first-order valence-electron chi connectivity index (χ1n) is 6.41. The van der Waals surface area contributed by atoms with Gasteiger partial charge in [-0.15, -0.1) is 0 Å². The summed E-state index contributed by atoms with van der Waals surface area (Å²) in [5.74, 6) is -0.467. The third-order valence-corrected chi connectivity index (χ3v) is 3.60. The molecular formula is C14H16N4O. The molecule has 4 N–H and O–H groups in total. The van der Waals surface area contributed by atoms with Gasteiger partial charge in [-0.25, -0.2) is 4.98 Å². The van der Waals surface area contributed by atoms with Gasteiger partial charge in [0.2, 0.25) is 5.91 Å². The fourth-order valence-electron chi connectivity index (χ4n) is 2.60. The first kappa shape index (κ1) is 11.8. The van der Waals surface area contributed by atoms with Gasteiger partial charge >= 0.3 is 0 Å². The fraction of sp³-hybridized carbons (Fsp3) is 0.286. The van der Waals surface area contributed by atoms with Gasteiger partial charge in [-0.1, -0.05) is 0 Å². The van der Waals surface area contributed by atoms with E-state index < -0.39 is 5.91 Å². The van der Waals surface area contributed by atoms with E-state index in [1.807, 2.05) is 17.0 Å². The topological polar surface area (TPSA) is 86.9 Å². The number of aryl methyl sites for hydroxylation is 1. The van der Waals surface area contributed by atoms with E-state index in [1.165, 1.54) is 18.5 Å². The second-order valence-electron chi connectivity index (χ2n) is 4.85. The average molecular weight is 256 g/mol. The molecule has 0 atom stereocenters. The molecule has 1 aliphatic carbocycles. The van der Waals surface area contributed by atoms with Crippen molar-refractivity contribution in [2.75, 3.05) is 5.73 Å². The average Bonchev–Trinajstić information content (AvgIpc) is 2.82. The van der Waals surface area contributed by atoms with E-state index in [9.17, 15) is 4.79 Å². The predicted octanol–water partition coefficient (Wildman–Crippen LogP) is 1.43. The molecule has 3 rings (SSSR count). The molecule has 0 spiro atoms. The lowest BCUT2D eigenvalue weighted by atomic mass is 10.0. The molecule has 2 aromatic rings. The summed E-state index contributed by atoms with van der Waals surface area (Å²) in [6, 6.07) is 5.14. The minimum atomic E-state index is -0.467. The maximum Gasteiger partial charge on any atom is 0.248 e. The number of aromatic nitrogens is 2. The maximum atomic E-state index is 11.1. The van der Waals surface area contributed by atoms with E-state index in [1.54, 1.807) is 12.1 Å². The number of hydrogen-bond donors (Lipinski definition) is 2. The van der Waals surface area contributed by atoms with Crippen LogP contribution < -0.4 is 11.5 Å². The Morgan fingerprint density at radius 2 is 2.05 bits per heavy atom. The van der Waals surface area contributed by atoms with E-state index >= 15 is 0 Å². The molecule has 0 radical (unpaired) electrons. The summed E-state index contributed by atoms with van der Waals surface area (Å²) < 4.78 is 2.02. The van der Waals surface area contributed by atoms with Crippen molar-refractivity contribution in [3.05, 3.63) is 41.5 Å². The zero-order valence-electron chi connectivity index (χ0n) is 10.6. The number of nitrogens with zero attached hydrogens (tertiary/aromatic N) is 2. The van der Waals surface area contributed by atoms with Crippen LogP contribution in [0.1, 0.15) is 34.6 Å². The number of amides is 1. The number of hydrogen-bond acceptors (Lipinski definition) is 3. The van der Waals surface area contributed by atoms with Crippen LogP contribution in [0.25, 0.3) is 5.69 Å². The number of imidazole rings is 1. The van der Waals surface area contributed by atoms with E-state index in [0.717, 1.165) is 24.2 Å². The van der Waals surface area contributed by atoms with Crippen molar-refractivity contribution in [1.82, 2.24) is 9.55 Å². The standard InChI is InChI=1S/C14H16N4O/c15-10-7-9(14(16)19)5-6-12(10)18-8-17-11-3-1-2-4-13(11)18/h5-8H,1-4,15H2,(H2,16,19). The molecule has 5 nitrogen and oxygen atoms in total. The van der Waals surface area contributed by atoms with E-state index in [4.69, 9.17) is 11.5 Å². The summed E-state index contributed by atoms with van der Waals surface area (Å²) >= 11 is 0. The number of anilines is 1. The Labute approximate surface area is 111 Å². The highest BCUT2D eigenvalue weighted by atomic mass is 16.1.